The number of ether oxygens (including phenoxy) is 1. The van der Waals surface area contributed by atoms with Crippen molar-refractivity contribution in [1.82, 2.24) is 10.2 Å². The number of hydrogen-bond donors (Lipinski definition) is 3. The van der Waals surface area contributed by atoms with Crippen LogP contribution < -0.4 is 5.32 Å². The highest BCUT2D eigenvalue weighted by Crippen LogP contribution is 2.15. The Labute approximate surface area is 222 Å². The Morgan fingerprint density at radius 1 is 0.750 bits per heavy atom. The zero-order chi connectivity index (χ0) is 26.3. The Hall–Kier alpha value is -0.690. The van der Waals surface area contributed by atoms with Gasteiger partial charge in [-0.05, 0) is 12.8 Å². The molecule has 0 radical (unpaired) electrons. The molecule has 6 nitrogen and oxygen atoms in total. The van der Waals surface area contributed by atoms with Crippen LogP contribution in [-0.2, 0) is 9.53 Å². The molecule has 0 bridgehead atoms. The number of carbonyl (C=O) groups excluding carboxylic acids is 1. The van der Waals surface area contributed by atoms with Crippen molar-refractivity contribution in [3.63, 3.8) is 0 Å². The molecular formula is C30H60N2O4. The van der Waals surface area contributed by atoms with Crippen LogP contribution >= 0.6 is 0 Å². The average molecular weight is 513 g/mol. The zero-order valence-electron chi connectivity index (χ0n) is 23.9. The summed E-state index contributed by atoms with van der Waals surface area (Å²) in [5, 5.41) is 24.7. The first-order valence-corrected chi connectivity index (χ1v) is 15.5. The summed E-state index contributed by atoms with van der Waals surface area (Å²) in [7, 11) is 0. The summed E-state index contributed by atoms with van der Waals surface area (Å²) in [4.78, 5) is 14.8. The SMILES string of the molecule is CCCCCCCCCCCCCCC(O)C(O)C(CN1CCOCC1)NC(=O)CCCCCCC. The van der Waals surface area contributed by atoms with Crippen molar-refractivity contribution in [3.05, 3.63) is 0 Å². The fourth-order valence-electron chi connectivity index (χ4n) is 5.10. The maximum Gasteiger partial charge on any atom is 0.220 e. The van der Waals surface area contributed by atoms with Crippen LogP contribution in [0.25, 0.3) is 0 Å². The van der Waals surface area contributed by atoms with Gasteiger partial charge in [-0.25, -0.2) is 0 Å². The van der Waals surface area contributed by atoms with Crippen molar-refractivity contribution >= 4 is 5.91 Å². The fourth-order valence-corrected chi connectivity index (χ4v) is 5.10. The number of morpholine rings is 1. The van der Waals surface area contributed by atoms with Gasteiger partial charge >= 0.3 is 0 Å². The number of aliphatic hydroxyl groups is 2. The van der Waals surface area contributed by atoms with Crippen molar-refractivity contribution in [2.45, 2.75) is 154 Å². The highest BCUT2D eigenvalue weighted by molar-refractivity contribution is 5.76. The van der Waals surface area contributed by atoms with Crippen LogP contribution in [-0.4, -0.2) is 72.1 Å². The number of aliphatic hydroxyl groups excluding tert-OH is 2. The molecule has 3 N–H and O–H groups in total. The molecule has 0 spiro atoms. The van der Waals surface area contributed by atoms with E-state index in [-0.39, 0.29) is 5.91 Å². The van der Waals surface area contributed by atoms with Crippen LogP contribution in [0.3, 0.4) is 0 Å². The predicted octanol–water partition coefficient (Wildman–Crippen LogP) is 5.98. The van der Waals surface area contributed by atoms with E-state index >= 15 is 0 Å². The minimum absolute atomic E-state index is 0.0126. The summed E-state index contributed by atoms with van der Waals surface area (Å²) in [5.41, 5.74) is 0. The molecule has 1 fully saturated rings. The van der Waals surface area contributed by atoms with Crippen LogP contribution in [0.15, 0.2) is 0 Å². The minimum atomic E-state index is -0.940. The Balaban J connectivity index is 2.28. The first-order valence-electron chi connectivity index (χ1n) is 15.5. The van der Waals surface area contributed by atoms with Crippen molar-refractivity contribution in [3.8, 4) is 0 Å². The molecule has 214 valence electrons. The van der Waals surface area contributed by atoms with E-state index in [2.05, 4.69) is 24.1 Å². The van der Waals surface area contributed by atoms with Crippen molar-refractivity contribution in [2.24, 2.45) is 0 Å². The summed E-state index contributed by atoms with van der Waals surface area (Å²) in [5.74, 6) is -0.0126. The average Bonchev–Trinajstić information content (AvgIpc) is 2.89. The van der Waals surface area contributed by atoms with Gasteiger partial charge in [0.15, 0.2) is 0 Å². The molecule has 36 heavy (non-hydrogen) atoms. The maximum absolute atomic E-state index is 12.6. The van der Waals surface area contributed by atoms with Gasteiger partial charge in [0, 0.05) is 26.1 Å². The monoisotopic (exact) mass is 512 g/mol. The topological polar surface area (TPSA) is 82.0 Å². The predicted molar refractivity (Wildman–Crippen MR) is 150 cm³/mol. The summed E-state index contributed by atoms with van der Waals surface area (Å²) in [6, 6.07) is -0.446. The van der Waals surface area contributed by atoms with E-state index in [1.165, 1.54) is 83.5 Å². The normalized spacial score (nSPS) is 17.1. The largest absolute Gasteiger partial charge is 0.390 e. The van der Waals surface area contributed by atoms with Gasteiger partial charge in [0.25, 0.3) is 0 Å². The number of nitrogens with zero attached hydrogens (tertiary/aromatic N) is 1. The molecule has 3 unspecified atom stereocenters. The zero-order valence-corrected chi connectivity index (χ0v) is 23.9. The smallest absolute Gasteiger partial charge is 0.220 e. The van der Waals surface area contributed by atoms with Gasteiger partial charge in [0.05, 0.1) is 25.4 Å². The summed E-state index contributed by atoms with van der Waals surface area (Å²) in [6.45, 7) is 7.95. The van der Waals surface area contributed by atoms with E-state index < -0.39 is 18.2 Å². The van der Waals surface area contributed by atoms with Gasteiger partial charge in [-0.2, -0.15) is 0 Å². The number of carbonyl (C=O) groups is 1. The second-order valence-corrected chi connectivity index (χ2v) is 11.0. The van der Waals surface area contributed by atoms with Crippen LogP contribution in [0.5, 0.6) is 0 Å². The third-order valence-electron chi connectivity index (χ3n) is 7.57. The molecule has 6 heteroatoms. The summed E-state index contributed by atoms with van der Waals surface area (Å²) in [6.07, 6.45) is 20.2. The number of nitrogens with one attached hydrogen (secondary N) is 1. The van der Waals surface area contributed by atoms with Crippen molar-refractivity contribution < 1.29 is 19.7 Å². The number of rotatable bonds is 24. The lowest BCUT2D eigenvalue weighted by Gasteiger charge is -2.34. The second-order valence-electron chi connectivity index (χ2n) is 11.0. The van der Waals surface area contributed by atoms with Crippen LogP contribution in [0.4, 0.5) is 0 Å². The fraction of sp³-hybridized carbons (Fsp3) is 0.967. The standard InChI is InChI=1S/C30H60N2O4/c1-3-5-7-9-10-11-12-13-14-15-17-18-20-28(33)30(35)27(26-32-22-24-36-25-23-32)31-29(34)21-19-16-8-6-4-2/h27-28,30,33,35H,3-26H2,1-2H3,(H,31,34). The van der Waals surface area contributed by atoms with Gasteiger partial charge in [-0.3, -0.25) is 9.69 Å². The number of unbranched alkanes of at least 4 members (excludes halogenated alkanes) is 15. The maximum atomic E-state index is 12.6. The Bertz CT molecular complexity index is 499. The third-order valence-corrected chi connectivity index (χ3v) is 7.57. The Kier molecular flexibility index (Phi) is 21.7. The van der Waals surface area contributed by atoms with Crippen LogP contribution in [0.2, 0.25) is 0 Å². The quantitative estimate of drug-likeness (QED) is 0.139. The molecule has 1 saturated heterocycles. The minimum Gasteiger partial charge on any atom is -0.390 e. The molecule has 0 aliphatic carbocycles. The highest BCUT2D eigenvalue weighted by Gasteiger charge is 2.29. The molecule has 1 heterocycles. The summed E-state index contributed by atoms with van der Waals surface area (Å²) >= 11 is 0. The van der Waals surface area contributed by atoms with Crippen LogP contribution in [0, 0.1) is 0 Å². The van der Waals surface area contributed by atoms with Gasteiger partial charge in [-0.1, -0.05) is 117 Å². The number of hydrogen-bond acceptors (Lipinski definition) is 5. The molecular weight excluding hydrogens is 452 g/mol. The molecule has 0 aromatic carbocycles. The molecule has 0 aromatic heterocycles. The van der Waals surface area contributed by atoms with E-state index in [1.807, 2.05) is 0 Å². The van der Waals surface area contributed by atoms with Gasteiger partial charge < -0.3 is 20.3 Å². The van der Waals surface area contributed by atoms with Gasteiger partial charge in [0.2, 0.25) is 5.91 Å². The summed E-state index contributed by atoms with van der Waals surface area (Å²) < 4.78 is 5.44. The van der Waals surface area contributed by atoms with Crippen molar-refractivity contribution in [1.29, 1.82) is 0 Å². The van der Waals surface area contributed by atoms with Gasteiger partial charge in [-0.15, -0.1) is 0 Å². The van der Waals surface area contributed by atoms with E-state index in [9.17, 15) is 15.0 Å². The molecule has 3 atom stereocenters. The third kappa shape index (κ3) is 17.7. The van der Waals surface area contributed by atoms with Crippen molar-refractivity contribution in [2.75, 3.05) is 32.8 Å². The molecule has 1 aliphatic rings. The van der Waals surface area contributed by atoms with Crippen LogP contribution in [0.1, 0.15) is 136 Å². The van der Waals surface area contributed by atoms with E-state index in [1.54, 1.807) is 0 Å². The molecule has 1 amide bonds. The van der Waals surface area contributed by atoms with Gasteiger partial charge in [0.1, 0.15) is 6.10 Å². The second kappa shape index (κ2) is 23.4. The Morgan fingerprint density at radius 3 is 1.75 bits per heavy atom. The molecule has 0 saturated carbocycles. The Morgan fingerprint density at radius 2 is 1.22 bits per heavy atom. The highest BCUT2D eigenvalue weighted by atomic mass is 16.5. The first-order chi connectivity index (χ1) is 17.6. The molecule has 1 aliphatic heterocycles. The molecule has 0 aromatic rings. The van der Waals surface area contributed by atoms with E-state index in [0.717, 1.165) is 38.8 Å². The molecule has 1 rings (SSSR count). The van der Waals surface area contributed by atoms with E-state index in [0.29, 0.717) is 32.6 Å². The lowest BCUT2D eigenvalue weighted by atomic mass is 9.98. The first kappa shape index (κ1) is 33.3. The van der Waals surface area contributed by atoms with E-state index in [4.69, 9.17) is 4.74 Å². The lowest BCUT2D eigenvalue weighted by Crippen LogP contribution is -2.55. The lowest BCUT2D eigenvalue weighted by molar-refractivity contribution is -0.124. The number of amides is 1.